The molecule has 0 fully saturated rings. The van der Waals surface area contributed by atoms with Crippen molar-refractivity contribution >= 4 is 42.3 Å². The van der Waals surface area contributed by atoms with Gasteiger partial charge in [0.15, 0.2) is 0 Å². The lowest BCUT2D eigenvalue weighted by Crippen LogP contribution is -2.57. The van der Waals surface area contributed by atoms with E-state index in [0.29, 0.717) is 0 Å². The van der Waals surface area contributed by atoms with E-state index in [1.54, 1.807) is 0 Å². The Morgan fingerprint density at radius 1 is 0.935 bits per heavy atom. The van der Waals surface area contributed by atoms with Crippen LogP contribution in [0.3, 0.4) is 0 Å². The van der Waals surface area contributed by atoms with Gasteiger partial charge < -0.3 is 31.9 Å². The molecule has 0 aliphatic heterocycles. The average Bonchev–Trinajstić information content (AvgIpc) is 2.71. The monoisotopic (exact) mass is 454 g/mol. The highest BCUT2D eigenvalue weighted by Gasteiger charge is 2.29. The van der Waals surface area contributed by atoms with Gasteiger partial charge in [-0.3, -0.25) is 19.2 Å². The third kappa shape index (κ3) is 9.05. The minimum absolute atomic E-state index is 0.189. The zero-order chi connectivity index (χ0) is 23.6. The molecule has 0 radical (unpaired) electrons. The molecule has 3 amide bonds. The minimum atomic E-state index is -1.67. The second-order valence-corrected chi connectivity index (χ2v) is 7.13. The maximum atomic E-state index is 12.3. The highest BCUT2D eigenvalue weighted by Crippen LogP contribution is 2.02. The maximum absolute atomic E-state index is 12.3. The highest BCUT2D eigenvalue weighted by molar-refractivity contribution is 7.80. The number of carbonyl (C=O) groups is 5. The third-order valence-electron chi connectivity index (χ3n) is 4.20. The molecule has 7 N–H and O–H groups in total. The number of rotatable bonds is 12. The summed E-state index contributed by atoms with van der Waals surface area (Å²) in [5.74, 6) is -5.34. The van der Waals surface area contributed by atoms with Gasteiger partial charge in [0.25, 0.3) is 0 Å². The molecule has 0 saturated carbocycles. The van der Waals surface area contributed by atoms with Crippen molar-refractivity contribution < 1.29 is 34.2 Å². The predicted octanol–water partition coefficient (Wildman–Crippen LogP) is -1.48. The summed E-state index contributed by atoms with van der Waals surface area (Å²) in [5, 5.41) is 24.6. The van der Waals surface area contributed by atoms with Gasteiger partial charge in [0.1, 0.15) is 18.1 Å². The molecular weight excluding hydrogens is 428 g/mol. The number of amides is 3. The van der Waals surface area contributed by atoms with Crippen molar-refractivity contribution in [3.8, 4) is 0 Å². The number of thiol groups is 1. The van der Waals surface area contributed by atoms with E-state index >= 15 is 0 Å². The van der Waals surface area contributed by atoms with Crippen LogP contribution in [0.15, 0.2) is 30.3 Å². The number of nitrogens with one attached hydrogen (secondary N) is 3. The van der Waals surface area contributed by atoms with E-state index in [1.165, 1.54) is 6.92 Å². The van der Waals surface area contributed by atoms with E-state index in [0.717, 1.165) is 5.56 Å². The summed E-state index contributed by atoms with van der Waals surface area (Å²) >= 11 is 3.95. The van der Waals surface area contributed by atoms with E-state index in [1.807, 2.05) is 35.6 Å². The van der Waals surface area contributed by atoms with Crippen LogP contribution in [0.4, 0.5) is 0 Å². The van der Waals surface area contributed by atoms with Gasteiger partial charge in [0, 0.05) is 5.75 Å². The molecule has 0 aliphatic carbocycles. The molecule has 0 saturated heterocycles. The Morgan fingerprint density at radius 3 is 2.03 bits per heavy atom. The molecule has 1 aromatic carbocycles. The molecule has 0 unspecified atom stereocenters. The van der Waals surface area contributed by atoms with E-state index in [9.17, 15) is 24.0 Å². The van der Waals surface area contributed by atoms with E-state index in [-0.39, 0.29) is 12.2 Å². The SMILES string of the molecule is C[C@H](NC(=O)[C@@H](N)Cc1ccccc1)C(=O)N[C@@H](CS)C(=O)N[C@@H](CC(=O)O)C(=O)O. The molecule has 0 heterocycles. The number of nitrogens with two attached hydrogens (primary N) is 1. The van der Waals surface area contributed by atoms with Crippen molar-refractivity contribution in [1.29, 1.82) is 0 Å². The molecule has 31 heavy (non-hydrogen) atoms. The largest absolute Gasteiger partial charge is 0.481 e. The van der Waals surface area contributed by atoms with Crippen molar-refractivity contribution in [2.24, 2.45) is 5.73 Å². The Morgan fingerprint density at radius 2 is 1.52 bits per heavy atom. The fourth-order valence-electron chi connectivity index (χ4n) is 2.48. The molecule has 0 spiro atoms. The fourth-order valence-corrected chi connectivity index (χ4v) is 2.74. The van der Waals surface area contributed by atoms with Crippen molar-refractivity contribution in [2.75, 3.05) is 5.75 Å². The summed E-state index contributed by atoms with van der Waals surface area (Å²) in [6, 6.07) is 4.22. The molecule has 12 heteroatoms. The Balaban J connectivity index is 2.63. The lowest BCUT2D eigenvalue weighted by atomic mass is 10.1. The van der Waals surface area contributed by atoms with Gasteiger partial charge in [0.05, 0.1) is 12.5 Å². The van der Waals surface area contributed by atoms with Crippen LogP contribution in [-0.4, -0.2) is 69.8 Å². The molecule has 0 aromatic heterocycles. The lowest BCUT2D eigenvalue weighted by molar-refractivity contribution is -0.147. The Labute approximate surface area is 184 Å². The van der Waals surface area contributed by atoms with E-state index in [4.69, 9.17) is 15.9 Å². The second kappa shape index (κ2) is 12.5. The third-order valence-corrected chi connectivity index (χ3v) is 4.56. The Hall–Kier alpha value is -3.12. The van der Waals surface area contributed by atoms with Crippen molar-refractivity contribution in [2.45, 2.75) is 43.9 Å². The van der Waals surface area contributed by atoms with Crippen LogP contribution in [0.25, 0.3) is 0 Å². The van der Waals surface area contributed by atoms with Crippen LogP contribution < -0.4 is 21.7 Å². The summed E-state index contributed by atoms with van der Waals surface area (Å²) in [7, 11) is 0. The Kier molecular flexibility index (Phi) is 10.5. The second-order valence-electron chi connectivity index (χ2n) is 6.77. The van der Waals surface area contributed by atoms with Crippen LogP contribution in [0.2, 0.25) is 0 Å². The molecule has 11 nitrogen and oxygen atoms in total. The number of benzene rings is 1. The number of hydrogen-bond donors (Lipinski definition) is 7. The lowest BCUT2D eigenvalue weighted by Gasteiger charge is -2.22. The van der Waals surface area contributed by atoms with Gasteiger partial charge in [-0.05, 0) is 18.9 Å². The smallest absolute Gasteiger partial charge is 0.326 e. The predicted molar refractivity (Wildman–Crippen MR) is 113 cm³/mol. The Bertz CT molecular complexity index is 806. The van der Waals surface area contributed by atoms with Crippen molar-refractivity contribution in [3.05, 3.63) is 35.9 Å². The number of carboxylic acid groups (broad SMARTS) is 2. The highest BCUT2D eigenvalue weighted by atomic mass is 32.1. The normalized spacial score (nSPS) is 14.4. The van der Waals surface area contributed by atoms with Crippen molar-refractivity contribution in [1.82, 2.24) is 16.0 Å². The quantitative estimate of drug-likeness (QED) is 0.186. The first-order chi connectivity index (χ1) is 14.5. The number of carboxylic acids is 2. The summed E-state index contributed by atoms with van der Waals surface area (Å²) in [5.41, 5.74) is 6.72. The number of carbonyl (C=O) groups excluding carboxylic acids is 3. The topological polar surface area (TPSA) is 188 Å². The standard InChI is InChI=1S/C19H26N4O7S/c1-10(21-17(27)12(20)7-11-5-3-2-4-6-11)16(26)23-14(9-31)18(28)22-13(19(29)30)8-15(24)25/h2-6,10,12-14,31H,7-9,20H2,1H3,(H,21,27)(H,22,28)(H,23,26)(H,24,25)(H,29,30)/t10-,12-,13-,14-/m0/s1. The summed E-state index contributed by atoms with van der Waals surface area (Å²) in [4.78, 5) is 58.6. The minimum Gasteiger partial charge on any atom is -0.481 e. The van der Waals surface area contributed by atoms with Crippen LogP contribution in [0.1, 0.15) is 18.9 Å². The zero-order valence-electron chi connectivity index (χ0n) is 16.8. The summed E-state index contributed by atoms with van der Waals surface area (Å²) in [6.07, 6.45) is -0.567. The van der Waals surface area contributed by atoms with Gasteiger partial charge in [-0.2, -0.15) is 12.6 Å². The van der Waals surface area contributed by atoms with Gasteiger partial charge in [0.2, 0.25) is 17.7 Å². The zero-order valence-corrected chi connectivity index (χ0v) is 17.7. The number of aliphatic carboxylic acids is 2. The first-order valence-electron chi connectivity index (χ1n) is 9.31. The fraction of sp³-hybridized carbons (Fsp3) is 0.421. The van der Waals surface area contributed by atoms with Crippen LogP contribution in [-0.2, 0) is 30.4 Å². The van der Waals surface area contributed by atoms with Gasteiger partial charge in [-0.25, -0.2) is 4.79 Å². The van der Waals surface area contributed by atoms with E-state index in [2.05, 4.69) is 23.3 Å². The van der Waals surface area contributed by atoms with Crippen LogP contribution in [0, 0.1) is 0 Å². The molecular formula is C19H26N4O7S. The van der Waals surface area contributed by atoms with Crippen molar-refractivity contribution in [3.63, 3.8) is 0 Å². The summed E-state index contributed by atoms with van der Waals surface area (Å²) in [6.45, 7) is 1.39. The molecule has 170 valence electrons. The van der Waals surface area contributed by atoms with Crippen LogP contribution in [0.5, 0.6) is 0 Å². The van der Waals surface area contributed by atoms with Gasteiger partial charge in [-0.15, -0.1) is 0 Å². The van der Waals surface area contributed by atoms with Gasteiger partial charge in [-0.1, -0.05) is 30.3 Å². The van der Waals surface area contributed by atoms with Crippen LogP contribution >= 0.6 is 12.6 Å². The molecule has 1 rings (SSSR count). The maximum Gasteiger partial charge on any atom is 0.326 e. The molecule has 4 atom stereocenters. The average molecular weight is 455 g/mol. The molecule has 0 aliphatic rings. The first kappa shape index (κ1) is 25.9. The first-order valence-corrected chi connectivity index (χ1v) is 9.94. The van der Waals surface area contributed by atoms with Gasteiger partial charge >= 0.3 is 11.9 Å². The molecule has 1 aromatic rings. The number of hydrogen-bond acceptors (Lipinski definition) is 7. The summed E-state index contributed by atoms with van der Waals surface area (Å²) < 4.78 is 0. The van der Waals surface area contributed by atoms with E-state index < -0.39 is 60.2 Å². The molecule has 0 bridgehead atoms.